The summed E-state index contributed by atoms with van der Waals surface area (Å²) in [6, 6.07) is 29.3. The van der Waals surface area contributed by atoms with Gasteiger partial charge in [-0.05, 0) is 81.7 Å². The lowest BCUT2D eigenvalue weighted by molar-refractivity contribution is 0.0334. The first-order valence-electron chi connectivity index (χ1n) is 15.7. The van der Waals surface area contributed by atoms with Crippen LogP contribution in [0.2, 0.25) is 18.1 Å². The highest BCUT2D eigenvalue weighted by Crippen LogP contribution is 2.52. The lowest BCUT2D eigenvalue weighted by Crippen LogP contribution is -2.44. The van der Waals surface area contributed by atoms with Gasteiger partial charge in [0.25, 0.3) is 0 Å². The number of methoxy groups -OCH3 is 2. The van der Waals surface area contributed by atoms with Crippen LogP contribution in [0.25, 0.3) is 21.5 Å². The van der Waals surface area contributed by atoms with E-state index in [0.717, 1.165) is 43.8 Å². The van der Waals surface area contributed by atoms with Gasteiger partial charge in [0.05, 0.1) is 0 Å². The predicted molar refractivity (Wildman–Crippen MR) is 185 cm³/mol. The van der Waals surface area contributed by atoms with Gasteiger partial charge in [-0.1, -0.05) is 102 Å². The third kappa shape index (κ3) is 5.45. The molecule has 222 valence electrons. The molecule has 4 aromatic rings. The molecule has 0 aliphatic heterocycles. The molecule has 0 atom stereocenters. The first-order valence-corrected chi connectivity index (χ1v) is 18.3. The molecule has 4 aromatic carbocycles. The molecule has 0 saturated carbocycles. The summed E-state index contributed by atoms with van der Waals surface area (Å²) in [5.41, 5.74) is 5.84. The monoisotopic (exact) mass is 586 g/mol. The molecule has 0 heterocycles. The van der Waals surface area contributed by atoms with Gasteiger partial charge >= 0.3 is 0 Å². The number of hydrogen-bond donors (Lipinski definition) is 0. The number of ether oxygens (including phenoxy) is 2. The van der Waals surface area contributed by atoms with Crippen LogP contribution in [0.5, 0.6) is 0 Å². The Labute approximate surface area is 260 Å². The maximum atomic E-state index is 6.75. The smallest absolute Gasteiger partial charge is 0.179 e. The molecule has 0 amide bonds. The zero-order chi connectivity index (χ0) is 31.0. The highest BCUT2D eigenvalue weighted by molar-refractivity contribution is 6.87. The molecule has 1 aliphatic rings. The molecule has 0 aromatic heterocycles. The van der Waals surface area contributed by atoms with Crippen molar-refractivity contribution in [1.29, 1.82) is 0 Å². The number of fused-ring (bicyclic) bond motifs is 4. The molecule has 0 saturated heterocycles. The second kappa shape index (κ2) is 12.0. The maximum absolute atomic E-state index is 6.75. The van der Waals surface area contributed by atoms with Gasteiger partial charge in [0.15, 0.2) is 11.2 Å². The standard InChI is InChI=1S/C40H46O2Si/c1-10-39(41-8)35-21-31-15-11-13-17-33(31)23-37(35)40(42-9,38-24-34-18-14-12-16-32(34)22-36(38)39)19-20-43(25-28(2)3,26-29(4)5)27-30(6)7/h1,11-18,21-24,28-30H,25-27H2,2-9H3. The third-order valence-electron chi connectivity index (χ3n) is 9.01. The van der Waals surface area contributed by atoms with E-state index >= 15 is 0 Å². The Bertz CT molecular complexity index is 1630. The minimum absolute atomic E-state index is 0.582. The summed E-state index contributed by atoms with van der Waals surface area (Å²) in [5, 5.41) is 4.49. The van der Waals surface area contributed by atoms with Crippen molar-refractivity contribution in [3.8, 4) is 23.8 Å². The first-order chi connectivity index (χ1) is 20.5. The van der Waals surface area contributed by atoms with Crippen molar-refractivity contribution in [2.24, 2.45) is 17.8 Å². The summed E-state index contributed by atoms with van der Waals surface area (Å²) in [7, 11) is 1.47. The molecule has 0 spiro atoms. The Morgan fingerprint density at radius 1 is 0.605 bits per heavy atom. The van der Waals surface area contributed by atoms with Crippen LogP contribution in [0.1, 0.15) is 63.8 Å². The topological polar surface area (TPSA) is 18.5 Å². The number of benzene rings is 4. The average Bonchev–Trinajstić information content (AvgIpc) is 2.97. The van der Waals surface area contributed by atoms with E-state index in [0.29, 0.717) is 17.8 Å². The molecule has 0 N–H and O–H groups in total. The molecular weight excluding hydrogens is 541 g/mol. The van der Waals surface area contributed by atoms with E-state index < -0.39 is 19.3 Å². The summed E-state index contributed by atoms with van der Waals surface area (Å²) < 4.78 is 13.1. The van der Waals surface area contributed by atoms with Crippen LogP contribution in [-0.4, -0.2) is 22.3 Å². The summed E-state index contributed by atoms with van der Waals surface area (Å²) >= 11 is 0. The number of hydrogen-bond acceptors (Lipinski definition) is 2. The van der Waals surface area contributed by atoms with E-state index in [9.17, 15) is 0 Å². The van der Waals surface area contributed by atoms with Crippen molar-refractivity contribution in [2.45, 2.75) is 70.9 Å². The van der Waals surface area contributed by atoms with E-state index in [-0.39, 0.29) is 0 Å². The van der Waals surface area contributed by atoms with E-state index in [1.807, 2.05) is 0 Å². The first kappa shape index (κ1) is 31.1. The fraction of sp³-hybridized carbons (Fsp3) is 0.400. The van der Waals surface area contributed by atoms with Crippen LogP contribution in [0.3, 0.4) is 0 Å². The average molecular weight is 587 g/mol. The van der Waals surface area contributed by atoms with Crippen molar-refractivity contribution >= 4 is 29.6 Å². The summed E-state index contributed by atoms with van der Waals surface area (Å²) in [5.74, 6) is 8.78. The van der Waals surface area contributed by atoms with Crippen molar-refractivity contribution in [2.75, 3.05) is 14.2 Å². The number of terminal acetylenes is 1. The lowest BCUT2D eigenvalue weighted by Gasteiger charge is -2.44. The van der Waals surface area contributed by atoms with Crippen molar-refractivity contribution in [1.82, 2.24) is 0 Å². The highest BCUT2D eigenvalue weighted by Gasteiger charge is 2.51. The molecule has 43 heavy (non-hydrogen) atoms. The molecule has 0 unspecified atom stereocenters. The lowest BCUT2D eigenvalue weighted by atomic mass is 9.66. The van der Waals surface area contributed by atoms with E-state index in [1.54, 1.807) is 14.2 Å². The van der Waals surface area contributed by atoms with Gasteiger partial charge in [-0.15, -0.1) is 12.0 Å². The molecule has 0 fully saturated rings. The van der Waals surface area contributed by atoms with E-state index in [2.05, 4.69) is 132 Å². The predicted octanol–water partition coefficient (Wildman–Crippen LogP) is 9.68. The Balaban J connectivity index is 1.93. The van der Waals surface area contributed by atoms with Crippen molar-refractivity contribution in [3.63, 3.8) is 0 Å². The van der Waals surface area contributed by atoms with Gasteiger partial charge in [0.1, 0.15) is 8.07 Å². The Hall–Kier alpha value is -3.34. The van der Waals surface area contributed by atoms with Gasteiger partial charge in [-0.2, -0.15) is 0 Å². The van der Waals surface area contributed by atoms with Gasteiger partial charge in [0, 0.05) is 36.5 Å². The zero-order valence-electron chi connectivity index (χ0n) is 27.2. The quantitative estimate of drug-likeness (QED) is 0.151. The minimum Gasteiger partial charge on any atom is -0.357 e. The van der Waals surface area contributed by atoms with Crippen LogP contribution in [-0.2, 0) is 20.7 Å². The zero-order valence-corrected chi connectivity index (χ0v) is 28.2. The van der Waals surface area contributed by atoms with Crippen LogP contribution >= 0.6 is 0 Å². The molecule has 0 bridgehead atoms. The summed E-state index contributed by atoms with van der Waals surface area (Å²) in [6.45, 7) is 14.1. The van der Waals surface area contributed by atoms with Gasteiger partial charge in [-0.25, -0.2) is 0 Å². The van der Waals surface area contributed by atoms with Crippen LogP contribution in [0, 0.1) is 41.6 Å². The summed E-state index contributed by atoms with van der Waals surface area (Å²) in [4.78, 5) is 0. The molecule has 3 heteroatoms. The van der Waals surface area contributed by atoms with Gasteiger partial charge < -0.3 is 9.47 Å². The largest absolute Gasteiger partial charge is 0.357 e. The van der Waals surface area contributed by atoms with E-state index in [4.69, 9.17) is 15.9 Å². The van der Waals surface area contributed by atoms with Crippen LogP contribution in [0.4, 0.5) is 0 Å². The Kier molecular flexibility index (Phi) is 8.66. The molecule has 0 radical (unpaired) electrons. The highest BCUT2D eigenvalue weighted by atomic mass is 28.3. The minimum atomic E-state index is -2.05. The second-order valence-electron chi connectivity index (χ2n) is 13.7. The van der Waals surface area contributed by atoms with E-state index in [1.165, 1.54) is 18.1 Å². The SMILES string of the molecule is C#CC1(OC)c2cc3ccccc3cc2C(C#C[Si](CC(C)C)(CC(C)C)CC(C)C)(OC)c2cc3ccccc3cc21. The molecular formula is C40H46O2Si. The van der Waals surface area contributed by atoms with Crippen molar-refractivity contribution in [3.05, 3.63) is 95.1 Å². The van der Waals surface area contributed by atoms with Crippen molar-refractivity contribution < 1.29 is 9.47 Å². The Morgan fingerprint density at radius 2 is 0.930 bits per heavy atom. The molecule has 2 nitrogen and oxygen atoms in total. The fourth-order valence-electron chi connectivity index (χ4n) is 7.74. The van der Waals surface area contributed by atoms with Crippen LogP contribution < -0.4 is 0 Å². The second-order valence-corrected chi connectivity index (χ2v) is 17.8. The molecule has 5 rings (SSSR count). The summed E-state index contributed by atoms with van der Waals surface area (Å²) in [6.07, 6.45) is 6.46. The van der Waals surface area contributed by atoms with Gasteiger partial charge in [0.2, 0.25) is 0 Å². The van der Waals surface area contributed by atoms with Crippen LogP contribution in [0.15, 0.2) is 72.8 Å². The van der Waals surface area contributed by atoms with Gasteiger partial charge in [-0.3, -0.25) is 0 Å². The normalized spacial score (nSPS) is 19.8. The fourth-order valence-corrected chi connectivity index (χ4v) is 13.7. The molecule has 1 aliphatic carbocycles. The number of rotatable bonds is 8. The maximum Gasteiger partial charge on any atom is 0.179 e. The Morgan fingerprint density at radius 3 is 1.21 bits per heavy atom. The third-order valence-corrected chi connectivity index (χ3v) is 14.5.